The van der Waals surface area contributed by atoms with Gasteiger partial charge in [-0.25, -0.2) is 4.98 Å². The number of aryl methyl sites for hydroxylation is 1. The summed E-state index contributed by atoms with van der Waals surface area (Å²) in [5.74, 6) is 2.64. The first-order chi connectivity index (χ1) is 13.4. The van der Waals surface area contributed by atoms with Gasteiger partial charge in [0, 0.05) is 41.2 Å². The van der Waals surface area contributed by atoms with E-state index in [1.54, 1.807) is 0 Å². The third kappa shape index (κ3) is 4.23. The molecule has 0 radical (unpaired) electrons. The third-order valence-electron chi connectivity index (χ3n) is 4.79. The number of anilines is 2. The maximum absolute atomic E-state index is 6.19. The van der Waals surface area contributed by atoms with Gasteiger partial charge in [0.05, 0.1) is 5.52 Å². The number of nitrogens with zero attached hydrogens (tertiary/aromatic N) is 3. The highest BCUT2D eigenvalue weighted by Crippen LogP contribution is 2.31. The second-order valence-electron chi connectivity index (χ2n) is 8.11. The molecule has 0 bridgehead atoms. The second-order valence-corrected chi connectivity index (χ2v) is 9.25. The molecular weight excluding hydrogens is 366 g/mol. The third-order valence-corrected chi connectivity index (χ3v) is 5.88. The molecule has 0 fully saturated rings. The first kappa shape index (κ1) is 19.0. The van der Waals surface area contributed by atoms with Gasteiger partial charge >= 0.3 is 0 Å². The molecule has 6 heteroatoms. The summed E-state index contributed by atoms with van der Waals surface area (Å²) in [6.07, 6.45) is 0. The lowest BCUT2D eigenvalue weighted by Crippen LogP contribution is -2.40. The van der Waals surface area contributed by atoms with Crippen LogP contribution in [0.1, 0.15) is 25.0 Å². The van der Waals surface area contributed by atoms with Crippen LogP contribution in [0.2, 0.25) is 0 Å². The molecule has 0 aliphatic carbocycles. The van der Waals surface area contributed by atoms with Crippen molar-refractivity contribution in [1.29, 1.82) is 0 Å². The number of hydrogen-bond acceptors (Lipinski definition) is 6. The smallest absolute Gasteiger partial charge is 0.228 e. The summed E-state index contributed by atoms with van der Waals surface area (Å²) in [6.45, 7) is 8.50. The van der Waals surface area contributed by atoms with Crippen LogP contribution in [0.4, 0.5) is 11.8 Å². The Morgan fingerprint density at radius 1 is 1.18 bits per heavy atom. The molecule has 1 aliphatic heterocycles. The zero-order valence-corrected chi connectivity index (χ0v) is 17.5. The van der Waals surface area contributed by atoms with Gasteiger partial charge in [-0.15, -0.1) is 11.8 Å². The quantitative estimate of drug-likeness (QED) is 0.692. The van der Waals surface area contributed by atoms with E-state index in [1.165, 1.54) is 16.0 Å². The lowest BCUT2D eigenvalue weighted by Gasteiger charge is -2.24. The van der Waals surface area contributed by atoms with Gasteiger partial charge in [0.15, 0.2) is 0 Å². The zero-order valence-electron chi connectivity index (χ0n) is 16.7. The minimum atomic E-state index is -0.320. The van der Waals surface area contributed by atoms with Crippen molar-refractivity contribution in [2.24, 2.45) is 5.73 Å². The minimum Gasteiger partial charge on any atom is -0.368 e. The highest BCUT2D eigenvalue weighted by Gasteiger charge is 2.19. The summed E-state index contributed by atoms with van der Waals surface area (Å²) in [5, 5.41) is 4.50. The molecular formula is C22H27N5S. The SMILES string of the molecule is Cc1ccc2nc(N3CCSc4ccccc4C3)nc(NCC(C)(C)N)c2c1. The van der Waals surface area contributed by atoms with Gasteiger partial charge in [-0.1, -0.05) is 29.8 Å². The van der Waals surface area contributed by atoms with Gasteiger partial charge in [-0.05, 0) is 44.5 Å². The van der Waals surface area contributed by atoms with Crippen LogP contribution >= 0.6 is 11.8 Å². The average Bonchev–Trinajstić information content (AvgIpc) is 2.88. The van der Waals surface area contributed by atoms with Crippen molar-refractivity contribution in [3.8, 4) is 0 Å². The van der Waals surface area contributed by atoms with E-state index in [0.717, 1.165) is 41.5 Å². The summed E-state index contributed by atoms with van der Waals surface area (Å²) >= 11 is 1.90. The van der Waals surface area contributed by atoms with E-state index >= 15 is 0 Å². The molecule has 2 aromatic carbocycles. The van der Waals surface area contributed by atoms with Crippen LogP contribution in [0.5, 0.6) is 0 Å². The largest absolute Gasteiger partial charge is 0.368 e. The molecule has 0 unspecified atom stereocenters. The van der Waals surface area contributed by atoms with Gasteiger partial charge in [0.1, 0.15) is 5.82 Å². The number of hydrogen-bond donors (Lipinski definition) is 2. The fourth-order valence-corrected chi connectivity index (χ4v) is 4.34. The Balaban J connectivity index is 1.73. The van der Waals surface area contributed by atoms with Crippen molar-refractivity contribution in [3.05, 3.63) is 53.6 Å². The summed E-state index contributed by atoms with van der Waals surface area (Å²) < 4.78 is 0. The Kier molecular flexibility index (Phi) is 5.17. The first-order valence-corrected chi connectivity index (χ1v) is 10.6. The topological polar surface area (TPSA) is 67.1 Å². The molecule has 4 rings (SSSR count). The number of fused-ring (bicyclic) bond motifs is 2. The molecule has 0 spiro atoms. The van der Waals surface area contributed by atoms with Crippen LogP contribution < -0.4 is 16.0 Å². The van der Waals surface area contributed by atoms with E-state index in [1.807, 2.05) is 25.6 Å². The molecule has 3 N–H and O–H groups in total. The highest BCUT2D eigenvalue weighted by molar-refractivity contribution is 7.99. The summed E-state index contributed by atoms with van der Waals surface area (Å²) in [5.41, 5.74) is 9.35. The number of nitrogens with two attached hydrogens (primary N) is 1. The Hall–Kier alpha value is -2.31. The van der Waals surface area contributed by atoms with Crippen LogP contribution in [0, 0.1) is 6.92 Å². The molecule has 0 saturated carbocycles. The van der Waals surface area contributed by atoms with Crippen LogP contribution in [0.15, 0.2) is 47.4 Å². The number of benzene rings is 2. The summed E-state index contributed by atoms with van der Waals surface area (Å²) in [4.78, 5) is 13.4. The molecule has 0 atom stereocenters. The maximum atomic E-state index is 6.19. The van der Waals surface area contributed by atoms with E-state index < -0.39 is 0 Å². The molecule has 0 amide bonds. The predicted octanol–water partition coefficient (Wildman–Crippen LogP) is 4.20. The van der Waals surface area contributed by atoms with E-state index in [-0.39, 0.29) is 5.54 Å². The highest BCUT2D eigenvalue weighted by atomic mass is 32.2. The maximum Gasteiger partial charge on any atom is 0.228 e. The van der Waals surface area contributed by atoms with Crippen LogP contribution in [0.3, 0.4) is 0 Å². The van der Waals surface area contributed by atoms with Crippen molar-refractivity contribution in [3.63, 3.8) is 0 Å². The number of thioether (sulfide) groups is 1. The Bertz CT molecular complexity index is 996. The van der Waals surface area contributed by atoms with Gasteiger partial charge in [0.2, 0.25) is 5.95 Å². The van der Waals surface area contributed by atoms with Gasteiger partial charge in [0.25, 0.3) is 0 Å². The minimum absolute atomic E-state index is 0.320. The predicted molar refractivity (Wildman–Crippen MR) is 119 cm³/mol. The standard InChI is InChI=1S/C22H27N5S/c1-15-8-9-18-17(12-15)20(24-14-22(2,3)23)26-21(25-18)27-10-11-28-19-7-5-4-6-16(19)13-27/h4-9,12H,10-11,13-14,23H2,1-3H3,(H,24,25,26). The lowest BCUT2D eigenvalue weighted by atomic mass is 10.1. The van der Waals surface area contributed by atoms with Crippen molar-refractivity contribution in [2.75, 3.05) is 29.1 Å². The normalized spacial score (nSPS) is 14.6. The summed E-state index contributed by atoms with van der Waals surface area (Å²) in [7, 11) is 0. The number of aromatic nitrogens is 2. The van der Waals surface area contributed by atoms with Gasteiger partial charge in [-0.3, -0.25) is 0 Å². The first-order valence-electron chi connectivity index (χ1n) is 9.66. The van der Waals surface area contributed by atoms with Gasteiger partial charge < -0.3 is 16.0 Å². The lowest BCUT2D eigenvalue weighted by molar-refractivity contribution is 0.548. The van der Waals surface area contributed by atoms with Crippen molar-refractivity contribution in [2.45, 2.75) is 37.8 Å². The molecule has 3 aromatic rings. The zero-order chi connectivity index (χ0) is 19.7. The van der Waals surface area contributed by atoms with E-state index in [2.05, 4.69) is 59.6 Å². The van der Waals surface area contributed by atoms with Crippen LogP contribution in [-0.4, -0.2) is 34.3 Å². The monoisotopic (exact) mass is 393 g/mol. The number of nitrogens with one attached hydrogen (secondary N) is 1. The fourth-order valence-electron chi connectivity index (χ4n) is 3.31. The van der Waals surface area contributed by atoms with Crippen molar-refractivity contribution < 1.29 is 0 Å². The Morgan fingerprint density at radius 3 is 2.82 bits per heavy atom. The van der Waals surface area contributed by atoms with Crippen molar-refractivity contribution in [1.82, 2.24) is 9.97 Å². The second kappa shape index (κ2) is 7.60. The molecule has 2 heterocycles. The van der Waals surface area contributed by atoms with E-state index in [4.69, 9.17) is 15.7 Å². The van der Waals surface area contributed by atoms with Crippen LogP contribution in [0.25, 0.3) is 10.9 Å². The van der Waals surface area contributed by atoms with E-state index in [9.17, 15) is 0 Å². The average molecular weight is 394 g/mol. The molecule has 146 valence electrons. The molecule has 5 nitrogen and oxygen atoms in total. The fraction of sp³-hybridized carbons (Fsp3) is 0.364. The molecule has 1 aliphatic rings. The molecule has 1 aromatic heterocycles. The van der Waals surface area contributed by atoms with Crippen LogP contribution in [-0.2, 0) is 6.54 Å². The molecule has 28 heavy (non-hydrogen) atoms. The molecule has 0 saturated heterocycles. The Labute approximate surface area is 170 Å². The number of rotatable bonds is 4. The summed E-state index contributed by atoms with van der Waals surface area (Å²) in [6, 6.07) is 14.9. The van der Waals surface area contributed by atoms with Crippen molar-refractivity contribution >= 4 is 34.4 Å². The Morgan fingerprint density at radius 2 is 2.00 bits per heavy atom. The van der Waals surface area contributed by atoms with Gasteiger partial charge in [-0.2, -0.15) is 4.98 Å². The van der Waals surface area contributed by atoms with E-state index in [0.29, 0.717) is 6.54 Å².